The third-order valence-corrected chi connectivity index (χ3v) is 3.70. The van der Waals surface area contributed by atoms with Crippen LogP contribution in [0.3, 0.4) is 0 Å². The number of amides is 2. The van der Waals surface area contributed by atoms with E-state index < -0.39 is 0 Å². The lowest BCUT2D eigenvalue weighted by molar-refractivity contribution is -0.115. The maximum Gasteiger partial charge on any atom is 0.254 e. The van der Waals surface area contributed by atoms with Gasteiger partial charge in [0, 0.05) is 24.3 Å². The van der Waals surface area contributed by atoms with Crippen LogP contribution in [-0.2, 0) is 11.2 Å². The second-order valence-corrected chi connectivity index (χ2v) is 5.15. The van der Waals surface area contributed by atoms with Gasteiger partial charge in [-0.1, -0.05) is 11.6 Å². The third-order valence-electron chi connectivity index (χ3n) is 3.70. The van der Waals surface area contributed by atoms with Gasteiger partial charge in [0.2, 0.25) is 5.91 Å². The highest BCUT2D eigenvalue weighted by Gasteiger charge is 2.22. The van der Waals surface area contributed by atoms with Gasteiger partial charge >= 0.3 is 0 Å². The Morgan fingerprint density at radius 1 is 1.37 bits per heavy atom. The van der Waals surface area contributed by atoms with E-state index in [0.29, 0.717) is 18.5 Å². The number of rotatable bonds is 1. The molecule has 0 aromatic heterocycles. The minimum absolute atomic E-state index is 0.00358. The third kappa shape index (κ3) is 2.26. The standard InChI is InChI=1S/C15H16N2O2/c1-10-4-6-17(7-5-10)15(19)11-2-3-13-12(8-11)9-14(18)16-13/h2-4,8H,5-7,9H2,1H3,(H,16,18). The van der Waals surface area contributed by atoms with Crippen LogP contribution in [0.15, 0.2) is 29.8 Å². The van der Waals surface area contributed by atoms with E-state index in [1.165, 1.54) is 5.57 Å². The lowest BCUT2D eigenvalue weighted by Gasteiger charge is -2.25. The molecule has 19 heavy (non-hydrogen) atoms. The van der Waals surface area contributed by atoms with E-state index in [0.717, 1.165) is 24.2 Å². The van der Waals surface area contributed by atoms with Crippen LogP contribution in [-0.4, -0.2) is 29.8 Å². The summed E-state index contributed by atoms with van der Waals surface area (Å²) in [6, 6.07) is 5.44. The molecule has 0 radical (unpaired) electrons. The van der Waals surface area contributed by atoms with Crippen molar-refractivity contribution in [3.8, 4) is 0 Å². The number of benzene rings is 1. The fraction of sp³-hybridized carbons (Fsp3) is 0.333. The van der Waals surface area contributed by atoms with E-state index in [9.17, 15) is 9.59 Å². The second kappa shape index (κ2) is 4.53. The van der Waals surface area contributed by atoms with Crippen LogP contribution in [0.2, 0.25) is 0 Å². The molecule has 2 aliphatic rings. The predicted octanol–water partition coefficient (Wildman–Crippen LogP) is 1.97. The minimum Gasteiger partial charge on any atom is -0.335 e. The monoisotopic (exact) mass is 256 g/mol. The zero-order valence-electron chi connectivity index (χ0n) is 10.9. The van der Waals surface area contributed by atoms with Crippen LogP contribution in [0, 0.1) is 0 Å². The van der Waals surface area contributed by atoms with E-state index in [1.54, 1.807) is 6.07 Å². The fourth-order valence-corrected chi connectivity index (χ4v) is 2.50. The molecular formula is C15H16N2O2. The molecule has 3 rings (SSSR count). The summed E-state index contributed by atoms with van der Waals surface area (Å²) in [4.78, 5) is 25.5. The Morgan fingerprint density at radius 2 is 2.21 bits per heavy atom. The molecule has 0 unspecified atom stereocenters. The summed E-state index contributed by atoms with van der Waals surface area (Å²) in [6.45, 7) is 3.54. The molecule has 1 aromatic rings. The highest BCUT2D eigenvalue weighted by molar-refractivity contribution is 6.01. The van der Waals surface area contributed by atoms with E-state index in [1.807, 2.05) is 17.0 Å². The van der Waals surface area contributed by atoms with Crippen molar-refractivity contribution in [2.75, 3.05) is 18.4 Å². The van der Waals surface area contributed by atoms with Gasteiger partial charge in [0.25, 0.3) is 5.91 Å². The number of nitrogens with one attached hydrogen (secondary N) is 1. The number of hydrogen-bond acceptors (Lipinski definition) is 2. The average molecular weight is 256 g/mol. The Balaban J connectivity index is 1.81. The number of carbonyl (C=O) groups excluding carboxylic acids is 2. The molecule has 0 spiro atoms. The molecule has 2 heterocycles. The number of nitrogens with zero attached hydrogens (tertiary/aromatic N) is 1. The molecule has 0 bridgehead atoms. The second-order valence-electron chi connectivity index (χ2n) is 5.15. The highest BCUT2D eigenvalue weighted by atomic mass is 16.2. The molecule has 0 saturated heterocycles. The number of fused-ring (bicyclic) bond motifs is 1. The molecule has 1 aromatic carbocycles. The Morgan fingerprint density at radius 3 is 2.95 bits per heavy atom. The van der Waals surface area contributed by atoms with E-state index in [4.69, 9.17) is 0 Å². The SMILES string of the molecule is CC1=CCN(C(=O)c2ccc3c(c2)CC(=O)N3)CC1. The van der Waals surface area contributed by atoms with Crippen molar-refractivity contribution in [2.45, 2.75) is 19.8 Å². The average Bonchev–Trinajstić information content (AvgIpc) is 2.77. The first-order valence-corrected chi connectivity index (χ1v) is 6.51. The van der Waals surface area contributed by atoms with Crippen LogP contribution in [0.4, 0.5) is 5.69 Å². The molecule has 98 valence electrons. The zero-order valence-corrected chi connectivity index (χ0v) is 10.9. The summed E-state index contributed by atoms with van der Waals surface area (Å²) in [6.07, 6.45) is 3.41. The van der Waals surface area contributed by atoms with Gasteiger partial charge in [-0.25, -0.2) is 0 Å². The van der Waals surface area contributed by atoms with Crippen molar-refractivity contribution >= 4 is 17.5 Å². The zero-order chi connectivity index (χ0) is 13.4. The maximum absolute atomic E-state index is 12.4. The summed E-state index contributed by atoms with van der Waals surface area (Å²) in [5, 5.41) is 2.78. The first-order chi connectivity index (χ1) is 9.13. The molecule has 4 nitrogen and oxygen atoms in total. The number of hydrogen-bond donors (Lipinski definition) is 1. The predicted molar refractivity (Wildman–Crippen MR) is 73.1 cm³/mol. The Bertz CT molecular complexity index is 590. The van der Waals surface area contributed by atoms with Gasteiger partial charge < -0.3 is 10.2 Å². The summed E-state index contributed by atoms with van der Waals surface area (Å²) in [5.41, 5.74) is 3.76. The molecule has 4 heteroatoms. The molecule has 2 aliphatic heterocycles. The molecule has 1 N–H and O–H groups in total. The lowest BCUT2D eigenvalue weighted by Crippen LogP contribution is -2.34. The summed E-state index contributed by atoms with van der Waals surface area (Å²) >= 11 is 0. The molecular weight excluding hydrogens is 240 g/mol. The molecule has 2 amide bonds. The van der Waals surface area contributed by atoms with Gasteiger partial charge in [0.15, 0.2) is 0 Å². The normalized spacial score (nSPS) is 17.8. The van der Waals surface area contributed by atoms with Crippen LogP contribution >= 0.6 is 0 Å². The van der Waals surface area contributed by atoms with Crippen LogP contribution < -0.4 is 5.32 Å². The van der Waals surface area contributed by atoms with Crippen LogP contribution in [0.1, 0.15) is 29.3 Å². The fourth-order valence-electron chi connectivity index (χ4n) is 2.50. The van der Waals surface area contributed by atoms with E-state index in [2.05, 4.69) is 18.3 Å². The van der Waals surface area contributed by atoms with Crippen LogP contribution in [0.25, 0.3) is 0 Å². The first-order valence-electron chi connectivity index (χ1n) is 6.51. The van der Waals surface area contributed by atoms with Crippen LogP contribution in [0.5, 0.6) is 0 Å². The van der Waals surface area contributed by atoms with Crippen molar-refractivity contribution in [3.05, 3.63) is 41.0 Å². The number of carbonyl (C=O) groups is 2. The van der Waals surface area contributed by atoms with E-state index in [-0.39, 0.29) is 11.8 Å². The van der Waals surface area contributed by atoms with Crippen molar-refractivity contribution in [1.82, 2.24) is 4.90 Å². The summed E-state index contributed by atoms with van der Waals surface area (Å²) in [5.74, 6) is 0.0435. The maximum atomic E-state index is 12.4. The minimum atomic E-state index is -0.00358. The van der Waals surface area contributed by atoms with Crippen molar-refractivity contribution in [3.63, 3.8) is 0 Å². The van der Waals surface area contributed by atoms with Gasteiger partial charge in [0.1, 0.15) is 0 Å². The smallest absolute Gasteiger partial charge is 0.254 e. The molecule has 0 fully saturated rings. The van der Waals surface area contributed by atoms with Gasteiger partial charge in [-0.3, -0.25) is 9.59 Å². The van der Waals surface area contributed by atoms with Crippen molar-refractivity contribution < 1.29 is 9.59 Å². The van der Waals surface area contributed by atoms with Gasteiger partial charge in [0.05, 0.1) is 6.42 Å². The van der Waals surface area contributed by atoms with Gasteiger partial charge in [-0.15, -0.1) is 0 Å². The highest BCUT2D eigenvalue weighted by Crippen LogP contribution is 2.24. The quantitative estimate of drug-likeness (QED) is 0.781. The molecule has 0 aliphatic carbocycles. The number of anilines is 1. The first kappa shape index (κ1) is 12.0. The van der Waals surface area contributed by atoms with Crippen molar-refractivity contribution in [1.29, 1.82) is 0 Å². The topological polar surface area (TPSA) is 49.4 Å². The van der Waals surface area contributed by atoms with Gasteiger partial charge in [-0.2, -0.15) is 0 Å². The molecule has 0 saturated carbocycles. The summed E-state index contributed by atoms with van der Waals surface area (Å²) < 4.78 is 0. The van der Waals surface area contributed by atoms with Crippen molar-refractivity contribution in [2.24, 2.45) is 0 Å². The Labute approximate surface area is 112 Å². The largest absolute Gasteiger partial charge is 0.335 e. The molecule has 0 atom stereocenters. The van der Waals surface area contributed by atoms with E-state index >= 15 is 0 Å². The summed E-state index contributed by atoms with van der Waals surface area (Å²) in [7, 11) is 0. The lowest BCUT2D eigenvalue weighted by atomic mass is 10.1. The Kier molecular flexibility index (Phi) is 2.85. The Hall–Kier alpha value is -2.10. The van der Waals surface area contributed by atoms with Gasteiger partial charge in [-0.05, 0) is 37.1 Å².